The molecule has 2 nitrogen and oxygen atoms in total. The molecule has 0 radical (unpaired) electrons. The van der Waals surface area contributed by atoms with Gasteiger partial charge in [-0.2, -0.15) is 0 Å². The fourth-order valence-corrected chi connectivity index (χ4v) is 0.354. The third-order valence-electron chi connectivity index (χ3n) is 0.707. The molecule has 50 valence electrons. The Bertz CT molecular complexity index is 33.5. The minimum Gasteiger partial charge on any atom is -0.483 e. The smallest absolute Gasteiger partial charge is 0.290 e. The number of hydrogen-bond donors (Lipinski definition) is 1. The van der Waals surface area contributed by atoms with Gasteiger partial charge in [-0.15, -0.1) is 0 Å². The van der Waals surface area contributed by atoms with Crippen LogP contribution in [-0.4, -0.2) is 11.6 Å². The minimum absolute atomic E-state index is 0.250. The van der Waals surface area contributed by atoms with Crippen molar-refractivity contribution in [1.82, 2.24) is 0 Å². The Hall–Kier alpha value is -0.530. The molecule has 0 bridgehead atoms. The molecule has 0 heterocycles. The summed E-state index contributed by atoms with van der Waals surface area (Å²) in [5, 5.41) is 6.89. The van der Waals surface area contributed by atoms with E-state index in [1.165, 1.54) is 19.3 Å². The topological polar surface area (TPSA) is 37.3 Å². The molecule has 0 rings (SSSR count). The van der Waals surface area contributed by atoms with Crippen LogP contribution in [-0.2, 0) is 4.79 Å². The molecule has 2 heteroatoms. The highest BCUT2D eigenvalue weighted by atomic mass is 16.3. The largest absolute Gasteiger partial charge is 0.483 e. The molecule has 0 aromatic carbocycles. The minimum atomic E-state index is -0.250. The zero-order valence-corrected chi connectivity index (χ0v) is 5.55. The molecular formula is C6H14O2. The molecule has 0 spiro atoms. The van der Waals surface area contributed by atoms with E-state index >= 15 is 0 Å². The van der Waals surface area contributed by atoms with Gasteiger partial charge in [0.15, 0.2) is 0 Å². The monoisotopic (exact) mass is 118 g/mol. The maximum absolute atomic E-state index is 8.36. The molecule has 0 saturated heterocycles. The third kappa shape index (κ3) is 50.6. The van der Waals surface area contributed by atoms with Gasteiger partial charge in [-0.25, -0.2) is 0 Å². The summed E-state index contributed by atoms with van der Waals surface area (Å²) in [5.74, 6) is 0. The lowest BCUT2D eigenvalue weighted by atomic mass is 10.3. The van der Waals surface area contributed by atoms with Gasteiger partial charge in [0.2, 0.25) is 0 Å². The highest BCUT2D eigenvalue weighted by Crippen LogP contribution is 1.88. The summed E-state index contributed by atoms with van der Waals surface area (Å²) in [7, 11) is 0. The Labute approximate surface area is 50.5 Å². The van der Waals surface area contributed by atoms with Crippen molar-refractivity contribution in [1.29, 1.82) is 0 Å². The van der Waals surface area contributed by atoms with E-state index in [1.54, 1.807) is 0 Å². The van der Waals surface area contributed by atoms with E-state index in [0.29, 0.717) is 0 Å². The van der Waals surface area contributed by atoms with Crippen molar-refractivity contribution in [3.63, 3.8) is 0 Å². The Morgan fingerprint density at radius 1 is 1.38 bits per heavy atom. The van der Waals surface area contributed by atoms with Crippen LogP contribution < -0.4 is 0 Å². The summed E-state index contributed by atoms with van der Waals surface area (Å²) in [6.07, 6.45) is 4.08. The average Bonchev–Trinajstić information content (AvgIpc) is 1.71. The Morgan fingerprint density at radius 3 is 1.62 bits per heavy atom. The van der Waals surface area contributed by atoms with E-state index in [4.69, 9.17) is 9.90 Å². The maximum atomic E-state index is 8.36. The molecule has 0 aliphatic rings. The standard InChI is InChI=1S/C5H12.CH2O2/c1-3-5-4-2;2-1-3/h3-5H2,1-2H3;1H,(H,2,3). The van der Waals surface area contributed by atoms with E-state index in [0.717, 1.165) is 0 Å². The number of hydrogen-bond acceptors (Lipinski definition) is 1. The zero-order chi connectivity index (χ0) is 6.83. The van der Waals surface area contributed by atoms with E-state index in [9.17, 15) is 0 Å². The zero-order valence-electron chi connectivity index (χ0n) is 5.55. The SMILES string of the molecule is CCCCC.O=CO. The van der Waals surface area contributed by atoms with Gasteiger partial charge in [-0.1, -0.05) is 33.1 Å². The molecule has 0 aromatic heterocycles. The molecule has 0 saturated carbocycles. The second-order valence-corrected chi connectivity index (χ2v) is 1.46. The highest BCUT2D eigenvalue weighted by molar-refractivity contribution is 5.32. The van der Waals surface area contributed by atoms with Crippen LogP contribution in [0.5, 0.6) is 0 Å². The molecule has 1 N–H and O–H groups in total. The van der Waals surface area contributed by atoms with Gasteiger partial charge in [-0.05, 0) is 0 Å². The molecule has 0 amide bonds. The van der Waals surface area contributed by atoms with Crippen molar-refractivity contribution < 1.29 is 9.90 Å². The maximum Gasteiger partial charge on any atom is 0.290 e. The molecule has 0 aliphatic carbocycles. The van der Waals surface area contributed by atoms with Crippen LogP contribution >= 0.6 is 0 Å². The van der Waals surface area contributed by atoms with E-state index < -0.39 is 0 Å². The molecule has 0 aliphatic heterocycles. The second kappa shape index (κ2) is 16.1. The number of rotatable bonds is 2. The highest BCUT2D eigenvalue weighted by Gasteiger charge is 1.68. The quantitative estimate of drug-likeness (QED) is 0.562. The predicted octanol–water partition coefficient (Wildman–Crippen LogP) is 1.90. The summed E-state index contributed by atoms with van der Waals surface area (Å²) >= 11 is 0. The predicted molar refractivity (Wildman–Crippen MR) is 33.9 cm³/mol. The third-order valence-corrected chi connectivity index (χ3v) is 0.707. The molecule has 0 aromatic rings. The molecule has 8 heavy (non-hydrogen) atoms. The number of carboxylic acid groups (broad SMARTS) is 1. The van der Waals surface area contributed by atoms with Crippen molar-refractivity contribution in [2.24, 2.45) is 0 Å². The van der Waals surface area contributed by atoms with Crippen LogP contribution in [0.1, 0.15) is 33.1 Å². The van der Waals surface area contributed by atoms with Gasteiger partial charge in [0.1, 0.15) is 0 Å². The van der Waals surface area contributed by atoms with Crippen LogP contribution in [0.25, 0.3) is 0 Å². The molecule has 0 fully saturated rings. The van der Waals surface area contributed by atoms with Crippen LogP contribution in [0.15, 0.2) is 0 Å². The van der Waals surface area contributed by atoms with Crippen LogP contribution in [0, 0.1) is 0 Å². The van der Waals surface area contributed by atoms with E-state index in [-0.39, 0.29) is 6.47 Å². The molecular weight excluding hydrogens is 104 g/mol. The average molecular weight is 118 g/mol. The van der Waals surface area contributed by atoms with Crippen molar-refractivity contribution in [2.75, 3.05) is 0 Å². The van der Waals surface area contributed by atoms with Crippen molar-refractivity contribution in [3.8, 4) is 0 Å². The van der Waals surface area contributed by atoms with Gasteiger partial charge >= 0.3 is 0 Å². The van der Waals surface area contributed by atoms with Gasteiger partial charge in [0.05, 0.1) is 0 Å². The fraction of sp³-hybridized carbons (Fsp3) is 0.833. The normalized spacial score (nSPS) is 6.75. The molecule has 0 unspecified atom stereocenters. The summed E-state index contributed by atoms with van der Waals surface area (Å²) < 4.78 is 0. The summed E-state index contributed by atoms with van der Waals surface area (Å²) in [5.41, 5.74) is 0. The molecule has 0 atom stereocenters. The summed E-state index contributed by atoms with van der Waals surface area (Å²) in [4.78, 5) is 8.36. The first-order valence-electron chi connectivity index (χ1n) is 2.91. The first-order valence-corrected chi connectivity index (χ1v) is 2.91. The van der Waals surface area contributed by atoms with Crippen LogP contribution in [0.3, 0.4) is 0 Å². The van der Waals surface area contributed by atoms with E-state index in [1.807, 2.05) is 0 Å². The van der Waals surface area contributed by atoms with Crippen molar-refractivity contribution in [2.45, 2.75) is 33.1 Å². The van der Waals surface area contributed by atoms with Gasteiger partial charge < -0.3 is 5.11 Å². The van der Waals surface area contributed by atoms with Crippen molar-refractivity contribution >= 4 is 6.47 Å². The Kier molecular flexibility index (Phi) is 21.0. The van der Waals surface area contributed by atoms with Gasteiger partial charge in [-0.3, -0.25) is 4.79 Å². The van der Waals surface area contributed by atoms with Crippen molar-refractivity contribution in [3.05, 3.63) is 0 Å². The first-order chi connectivity index (χ1) is 3.83. The van der Waals surface area contributed by atoms with Crippen LogP contribution in [0.4, 0.5) is 0 Å². The fourth-order valence-electron chi connectivity index (χ4n) is 0.354. The lowest BCUT2D eigenvalue weighted by molar-refractivity contribution is -0.122. The Balaban J connectivity index is 0. The number of carbonyl (C=O) groups is 1. The van der Waals surface area contributed by atoms with Gasteiger partial charge in [0.25, 0.3) is 6.47 Å². The summed E-state index contributed by atoms with van der Waals surface area (Å²) in [6.45, 7) is 4.17. The second-order valence-electron chi connectivity index (χ2n) is 1.46. The lowest BCUT2D eigenvalue weighted by Gasteiger charge is -1.79. The number of unbranched alkanes of at least 4 members (excludes halogenated alkanes) is 2. The van der Waals surface area contributed by atoms with E-state index in [2.05, 4.69) is 13.8 Å². The Morgan fingerprint density at radius 2 is 1.62 bits per heavy atom. The first kappa shape index (κ1) is 10.5. The lowest BCUT2D eigenvalue weighted by Crippen LogP contribution is -1.59. The van der Waals surface area contributed by atoms with Crippen LogP contribution in [0.2, 0.25) is 0 Å². The summed E-state index contributed by atoms with van der Waals surface area (Å²) in [6, 6.07) is 0. The van der Waals surface area contributed by atoms with Gasteiger partial charge in [0, 0.05) is 0 Å².